The van der Waals surface area contributed by atoms with Gasteiger partial charge in [0.25, 0.3) is 5.91 Å². The normalized spacial score (nSPS) is 19.3. The van der Waals surface area contributed by atoms with Crippen LogP contribution in [0.5, 0.6) is 0 Å². The Bertz CT molecular complexity index is 505. The molecular formula is C12H16N5O2. The molecule has 1 radical (unpaired) electrons. The molecule has 3 amide bonds. The summed E-state index contributed by atoms with van der Waals surface area (Å²) >= 11 is 0. The van der Waals surface area contributed by atoms with Crippen LogP contribution in [-0.4, -0.2) is 47.5 Å². The van der Waals surface area contributed by atoms with Crippen LogP contribution in [0.15, 0.2) is 12.3 Å². The number of anilines is 1. The number of hydrogen-bond acceptors (Lipinski definition) is 4. The van der Waals surface area contributed by atoms with E-state index >= 15 is 0 Å². The molecule has 0 aromatic carbocycles. The molecule has 0 saturated carbocycles. The smallest absolute Gasteiger partial charge is 0.314 e. The standard InChI is InChI=1S/C12H16N5O2/c1-8-7-16(12(14)19)5-6-17(8)11-9(10(13)18)3-2-4-15-11/h3-4,8H,5-7H2,1H3,(H2,13,18)(H2,14,19). The van der Waals surface area contributed by atoms with Crippen LogP contribution in [0.3, 0.4) is 0 Å². The van der Waals surface area contributed by atoms with Crippen LogP contribution in [-0.2, 0) is 0 Å². The van der Waals surface area contributed by atoms with Gasteiger partial charge < -0.3 is 21.3 Å². The van der Waals surface area contributed by atoms with Crippen molar-refractivity contribution < 1.29 is 9.59 Å². The van der Waals surface area contributed by atoms with E-state index in [0.717, 1.165) is 0 Å². The van der Waals surface area contributed by atoms with E-state index in [0.29, 0.717) is 31.0 Å². The van der Waals surface area contributed by atoms with E-state index in [-0.39, 0.29) is 6.04 Å². The SMILES string of the molecule is CC1CN(C(N)=O)CCN1c1nc[c]cc1C(N)=O. The summed E-state index contributed by atoms with van der Waals surface area (Å²) in [6.45, 7) is 3.49. The third-order valence-corrected chi connectivity index (χ3v) is 3.21. The van der Waals surface area contributed by atoms with Crippen LogP contribution in [0, 0.1) is 6.07 Å². The molecule has 1 saturated heterocycles. The molecule has 7 heteroatoms. The van der Waals surface area contributed by atoms with Gasteiger partial charge in [-0.3, -0.25) is 4.79 Å². The first kappa shape index (κ1) is 13.1. The maximum absolute atomic E-state index is 11.4. The lowest BCUT2D eigenvalue weighted by Gasteiger charge is -2.40. The van der Waals surface area contributed by atoms with E-state index < -0.39 is 11.9 Å². The highest BCUT2D eigenvalue weighted by Crippen LogP contribution is 2.21. The number of nitrogens with zero attached hydrogens (tertiary/aromatic N) is 3. The predicted molar refractivity (Wildman–Crippen MR) is 69.6 cm³/mol. The number of piperazine rings is 1. The van der Waals surface area contributed by atoms with Gasteiger partial charge in [0.15, 0.2) is 0 Å². The van der Waals surface area contributed by atoms with Gasteiger partial charge in [0.1, 0.15) is 5.82 Å². The fraction of sp³-hybridized carbons (Fsp3) is 0.417. The van der Waals surface area contributed by atoms with E-state index in [2.05, 4.69) is 11.1 Å². The minimum absolute atomic E-state index is 0.00856. The van der Waals surface area contributed by atoms with Gasteiger partial charge in [0.05, 0.1) is 5.56 Å². The summed E-state index contributed by atoms with van der Waals surface area (Å²) in [6.07, 6.45) is 1.49. The average molecular weight is 262 g/mol. The van der Waals surface area contributed by atoms with Gasteiger partial charge in [0, 0.05) is 37.9 Å². The molecule has 7 nitrogen and oxygen atoms in total. The van der Waals surface area contributed by atoms with Gasteiger partial charge in [-0.05, 0) is 13.0 Å². The van der Waals surface area contributed by atoms with Gasteiger partial charge in [-0.25, -0.2) is 9.78 Å². The van der Waals surface area contributed by atoms with Crippen LogP contribution in [0.2, 0.25) is 0 Å². The van der Waals surface area contributed by atoms with Crippen LogP contribution in [0.4, 0.5) is 10.6 Å². The lowest BCUT2D eigenvalue weighted by molar-refractivity contribution is 0.1000. The minimum Gasteiger partial charge on any atom is -0.365 e. The fourth-order valence-corrected chi connectivity index (χ4v) is 2.24. The molecule has 1 aromatic rings. The number of primary amides is 2. The number of rotatable bonds is 2. The molecular weight excluding hydrogens is 246 g/mol. The minimum atomic E-state index is -0.538. The zero-order valence-corrected chi connectivity index (χ0v) is 10.7. The first-order valence-electron chi connectivity index (χ1n) is 5.97. The molecule has 4 N–H and O–H groups in total. The van der Waals surface area contributed by atoms with Gasteiger partial charge >= 0.3 is 6.03 Å². The number of urea groups is 1. The Kier molecular flexibility index (Phi) is 3.55. The largest absolute Gasteiger partial charge is 0.365 e. The summed E-state index contributed by atoms with van der Waals surface area (Å²) in [6, 6.07) is 3.84. The highest BCUT2D eigenvalue weighted by Gasteiger charge is 2.28. The quantitative estimate of drug-likeness (QED) is 0.754. The highest BCUT2D eigenvalue weighted by atomic mass is 16.2. The first-order valence-corrected chi connectivity index (χ1v) is 5.97. The Morgan fingerprint density at radius 1 is 1.42 bits per heavy atom. The van der Waals surface area contributed by atoms with Crippen molar-refractivity contribution in [1.29, 1.82) is 0 Å². The lowest BCUT2D eigenvalue weighted by Crippen LogP contribution is -2.55. The second-order valence-corrected chi connectivity index (χ2v) is 4.50. The zero-order chi connectivity index (χ0) is 14.0. The molecule has 19 heavy (non-hydrogen) atoms. The third kappa shape index (κ3) is 2.59. The van der Waals surface area contributed by atoms with Crippen LogP contribution in [0.1, 0.15) is 17.3 Å². The molecule has 1 aliphatic rings. The Hall–Kier alpha value is -2.31. The van der Waals surface area contributed by atoms with Gasteiger partial charge in [-0.2, -0.15) is 0 Å². The molecule has 101 valence electrons. The van der Waals surface area contributed by atoms with Crippen molar-refractivity contribution in [2.75, 3.05) is 24.5 Å². The fourth-order valence-electron chi connectivity index (χ4n) is 2.24. The number of carbonyl (C=O) groups excluding carboxylic acids is 2. The lowest BCUT2D eigenvalue weighted by atomic mass is 10.1. The van der Waals surface area contributed by atoms with Crippen molar-refractivity contribution in [2.24, 2.45) is 11.5 Å². The van der Waals surface area contributed by atoms with Gasteiger partial charge in [-0.1, -0.05) is 0 Å². The van der Waals surface area contributed by atoms with Crippen molar-refractivity contribution >= 4 is 17.8 Å². The van der Waals surface area contributed by atoms with E-state index in [1.54, 1.807) is 4.90 Å². The van der Waals surface area contributed by atoms with Crippen LogP contribution < -0.4 is 16.4 Å². The average Bonchev–Trinajstić information content (AvgIpc) is 2.38. The Morgan fingerprint density at radius 3 is 2.74 bits per heavy atom. The first-order chi connectivity index (χ1) is 9.00. The molecule has 0 aliphatic carbocycles. The van der Waals surface area contributed by atoms with Crippen molar-refractivity contribution in [3.63, 3.8) is 0 Å². The van der Waals surface area contributed by atoms with E-state index in [4.69, 9.17) is 11.5 Å². The number of hydrogen-bond donors (Lipinski definition) is 2. The molecule has 1 fully saturated rings. The summed E-state index contributed by atoms with van der Waals surface area (Å²) in [7, 11) is 0. The molecule has 1 aliphatic heterocycles. The molecule has 0 spiro atoms. The molecule has 2 heterocycles. The maximum Gasteiger partial charge on any atom is 0.314 e. The van der Waals surface area contributed by atoms with Crippen LogP contribution in [0.25, 0.3) is 0 Å². The van der Waals surface area contributed by atoms with E-state index in [1.807, 2.05) is 11.8 Å². The zero-order valence-electron chi connectivity index (χ0n) is 10.7. The Balaban J connectivity index is 2.24. The van der Waals surface area contributed by atoms with Crippen molar-refractivity contribution in [1.82, 2.24) is 9.88 Å². The van der Waals surface area contributed by atoms with E-state index in [1.165, 1.54) is 12.3 Å². The van der Waals surface area contributed by atoms with E-state index in [9.17, 15) is 9.59 Å². The molecule has 1 atom stereocenters. The Morgan fingerprint density at radius 2 is 2.16 bits per heavy atom. The molecule has 1 aromatic heterocycles. The molecule has 0 bridgehead atoms. The van der Waals surface area contributed by atoms with Gasteiger partial charge in [0.2, 0.25) is 0 Å². The summed E-state index contributed by atoms with van der Waals surface area (Å²) in [5.41, 5.74) is 10.9. The summed E-state index contributed by atoms with van der Waals surface area (Å²) in [4.78, 5) is 30.2. The highest BCUT2D eigenvalue weighted by molar-refractivity contribution is 5.97. The summed E-state index contributed by atoms with van der Waals surface area (Å²) < 4.78 is 0. The topological polar surface area (TPSA) is 106 Å². The molecule has 2 rings (SSSR count). The van der Waals surface area contributed by atoms with Gasteiger partial charge in [-0.15, -0.1) is 0 Å². The number of aromatic nitrogens is 1. The molecule has 1 unspecified atom stereocenters. The second kappa shape index (κ2) is 5.13. The van der Waals surface area contributed by atoms with Crippen molar-refractivity contribution in [2.45, 2.75) is 13.0 Å². The van der Waals surface area contributed by atoms with Crippen molar-refractivity contribution in [3.8, 4) is 0 Å². The number of carbonyl (C=O) groups is 2. The third-order valence-electron chi connectivity index (χ3n) is 3.21. The maximum atomic E-state index is 11.4. The number of amides is 3. The Labute approximate surface area is 111 Å². The summed E-state index contributed by atoms with van der Waals surface area (Å²) in [5, 5.41) is 0. The van der Waals surface area contributed by atoms with Crippen molar-refractivity contribution in [3.05, 3.63) is 23.9 Å². The number of pyridine rings is 1. The summed E-state index contributed by atoms with van der Waals surface area (Å²) in [5.74, 6) is -0.00764. The monoisotopic (exact) mass is 262 g/mol. The van der Waals surface area contributed by atoms with Crippen LogP contribution >= 0.6 is 0 Å². The second-order valence-electron chi connectivity index (χ2n) is 4.50. The predicted octanol–water partition coefficient (Wildman–Crippen LogP) is -0.430. The number of nitrogens with two attached hydrogens (primary N) is 2.